The zero-order chi connectivity index (χ0) is 17.7. The number of nitrogens with zero attached hydrogens (tertiary/aromatic N) is 1. The molecule has 1 aliphatic heterocycles. The van der Waals surface area contributed by atoms with Crippen LogP contribution in [0.5, 0.6) is 0 Å². The average molecular weight is 353 g/mol. The topological polar surface area (TPSA) is 108 Å². The van der Waals surface area contributed by atoms with Crippen molar-refractivity contribution in [1.29, 1.82) is 0 Å². The van der Waals surface area contributed by atoms with Gasteiger partial charge in [-0.2, -0.15) is 0 Å². The first-order valence-corrected chi connectivity index (χ1v) is 8.84. The lowest BCUT2D eigenvalue weighted by Gasteiger charge is -2.28. The number of carboxylic acid groups (broad SMARTS) is 1. The van der Waals surface area contributed by atoms with Gasteiger partial charge in [0.1, 0.15) is 5.01 Å². The van der Waals surface area contributed by atoms with Crippen LogP contribution in [0.2, 0.25) is 0 Å². The molecule has 0 spiro atoms. The molecule has 1 aromatic rings. The van der Waals surface area contributed by atoms with Gasteiger partial charge >= 0.3 is 5.97 Å². The van der Waals surface area contributed by atoms with E-state index >= 15 is 0 Å². The van der Waals surface area contributed by atoms with Crippen LogP contribution in [0.1, 0.15) is 54.1 Å². The molecule has 0 aliphatic carbocycles. The minimum Gasteiger partial charge on any atom is -0.481 e. The van der Waals surface area contributed by atoms with Crippen LogP contribution in [0, 0.1) is 13.8 Å². The molecule has 24 heavy (non-hydrogen) atoms. The van der Waals surface area contributed by atoms with Crippen LogP contribution in [0.15, 0.2) is 0 Å². The van der Waals surface area contributed by atoms with E-state index in [1.807, 2.05) is 13.8 Å². The largest absolute Gasteiger partial charge is 0.481 e. The number of aliphatic carboxylic acids is 1. The highest BCUT2D eigenvalue weighted by molar-refractivity contribution is 7.11. The second-order valence-corrected chi connectivity index (χ2v) is 7.54. The Kier molecular flexibility index (Phi) is 5.93. The van der Waals surface area contributed by atoms with Gasteiger partial charge < -0.3 is 15.7 Å². The van der Waals surface area contributed by atoms with Crippen molar-refractivity contribution in [3.8, 4) is 0 Å². The minimum absolute atomic E-state index is 0.0143. The summed E-state index contributed by atoms with van der Waals surface area (Å²) in [5.41, 5.74) is 0.409. The fraction of sp³-hybridized carbons (Fsp3) is 0.625. The standard InChI is InChI=1S/C16H23N3O4S/c1-10-11(2)24-14(18-10)9-17-12(20)3-6-16(8-5-15(22)23)7-4-13(21)19-16/h3-9H2,1-2H3,(H,17,20)(H,19,21)(H,22,23). The molecule has 0 radical (unpaired) electrons. The van der Waals surface area contributed by atoms with E-state index in [0.717, 1.165) is 15.6 Å². The Morgan fingerprint density at radius 1 is 1.33 bits per heavy atom. The molecule has 1 saturated heterocycles. The van der Waals surface area contributed by atoms with Gasteiger partial charge in [-0.1, -0.05) is 0 Å². The van der Waals surface area contributed by atoms with Gasteiger partial charge in [0, 0.05) is 29.7 Å². The Labute approximate surface area is 144 Å². The number of amides is 2. The summed E-state index contributed by atoms with van der Waals surface area (Å²) < 4.78 is 0. The number of hydrogen-bond donors (Lipinski definition) is 3. The van der Waals surface area contributed by atoms with Gasteiger partial charge in [0.15, 0.2) is 0 Å². The van der Waals surface area contributed by atoms with E-state index in [9.17, 15) is 14.4 Å². The molecular weight excluding hydrogens is 330 g/mol. The predicted molar refractivity (Wildman–Crippen MR) is 89.6 cm³/mol. The molecule has 1 aliphatic rings. The van der Waals surface area contributed by atoms with Crippen molar-refractivity contribution >= 4 is 29.1 Å². The van der Waals surface area contributed by atoms with Gasteiger partial charge in [-0.25, -0.2) is 4.98 Å². The van der Waals surface area contributed by atoms with Crippen molar-refractivity contribution in [3.05, 3.63) is 15.6 Å². The van der Waals surface area contributed by atoms with Gasteiger partial charge in [-0.3, -0.25) is 14.4 Å². The predicted octanol–water partition coefficient (Wildman–Crippen LogP) is 1.67. The van der Waals surface area contributed by atoms with Crippen LogP contribution in [0.25, 0.3) is 0 Å². The first-order valence-electron chi connectivity index (χ1n) is 8.02. The van der Waals surface area contributed by atoms with E-state index in [2.05, 4.69) is 15.6 Å². The summed E-state index contributed by atoms with van der Waals surface area (Å²) in [4.78, 5) is 39.9. The van der Waals surface area contributed by atoms with Crippen LogP contribution in [-0.4, -0.2) is 33.4 Å². The number of aromatic nitrogens is 1. The van der Waals surface area contributed by atoms with E-state index in [1.54, 1.807) is 11.3 Å². The lowest BCUT2D eigenvalue weighted by atomic mass is 9.86. The third-order valence-electron chi connectivity index (χ3n) is 4.39. The molecule has 1 aromatic heterocycles. The number of aryl methyl sites for hydroxylation is 2. The number of thiazole rings is 1. The number of carbonyl (C=O) groups is 3. The van der Waals surface area contributed by atoms with Crippen molar-refractivity contribution in [2.75, 3.05) is 0 Å². The Balaban J connectivity index is 1.83. The number of carbonyl (C=O) groups excluding carboxylic acids is 2. The Bertz CT molecular complexity index is 624. The van der Waals surface area contributed by atoms with E-state index < -0.39 is 11.5 Å². The Morgan fingerprint density at radius 2 is 2.04 bits per heavy atom. The number of hydrogen-bond acceptors (Lipinski definition) is 5. The third-order valence-corrected chi connectivity index (χ3v) is 5.47. The van der Waals surface area contributed by atoms with Gasteiger partial charge in [0.25, 0.3) is 0 Å². The monoisotopic (exact) mass is 353 g/mol. The molecule has 2 rings (SSSR count). The summed E-state index contributed by atoms with van der Waals surface area (Å²) >= 11 is 1.56. The zero-order valence-corrected chi connectivity index (χ0v) is 14.8. The van der Waals surface area contributed by atoms with Crippen molar-refractivity contribution in [2.24, 2.45) is 0 Å². The Hall–Kier alpha value is -1.96. The van der Waals surface area contributed by atoms with Gasteiger partial charge in [0.05, 0.1) is 12.2 Å². The fourth-order valence-corrected chi connectivity index (χ4v) is 3.72. The fourth-order valence-electron chi connectivity index (χ4n) is 2.85. The van der Waals surface area contributed by atoms with Gasteiger partial charge in [-0.05, 0) is 33.1 Å². The molecule has 1 fully saturated rings. The molecular formula is C16H23N3O4S. The molecule has 8 heteroatoms. The summed E-state index contributed by atoms with van der Waals surface area (Å²) in [7, 11) is 0. The lowest BCUT2D eigenvalue weighted by molar-refractivity contribution is -0.137. The van der Waals surface area contributed by atoms with Crippen molar-refractivity contribution in [1.82, 2.24) is 15.6 Å². The van der Waals surface area contributed by atoms with E-state index in [-0.39, 0.29) is 24.7 Å². The summed E-state index contributed by atoms with van der Waals surface area (Å²) in [5, 5.41) is 15.4. The van der Waals surface area contributed by atoms with Crippen molar-refractivity contribution < 1.29 is 19.5 Å². The molecule has 132 valence electrons. The normalized spacial score (nSPS) is 20.0. The van der Waals surface area contributed by atoms with Crippen LogP contribution in [0.4, 0.5) is 0 Å². The van der Waals surface area contributed by atoms with Gasteiger partial charge in [-0.15, -0.1) is 11.3 Å². The second-order valence-electron chi connectivity index (χ2n) is 6.25. The highest BCUT2D eigenvalue weighted by atomic mass is 32.1. The van der Waals surface area contributed by atoms with E-state index in [4.69, 9.17) is 5.11 Å². The highest BCUT2D eigenvalue weighted by Gasteiger charge is 2.37. The maximum atomic E-state index is 12.1. The number of rotatable bonds is 8. The average Bonchev–Trinajstić information content (AvgIpc) is 3.05. The summed E-state index contributed by atoms with van der Waals surface area (Å²) in [6.07, 6.45) is 2.01. The SMILES string of the molecule is Cc1nc(CNC(=O)CCC2(CCC(=O)O)CCC(=O)N2)sc1C. The van der Waals surface area contributed by atoms with Crippen LogP contribution < -0.4 is 10.6 Å². The Morgan fingerprint density at radius 3 is 2.58 bits per heavy atom. The maximum Gasteiger partial charge on any atom is 0.303 e. The zero-order valence-electron chi connectivity index (χ0n) is 14.0. The van der Waals surface area contributed by atoms with Crippen molar-refractivity contribution in [3.63, 3.8) is 0 Å². The van der Waals surface area contributed by atoms with Crippen LogP contribution in [-0.2, 0) is 20.9 Å². The molecule has 0 aromatic carbocycles. The first-order chi connectivity index (χ1) is 11.3. The number of carboxylic acids is 1. The molecule has 3 N–H and O–H groups in total. The molecule has 2 heterocycles. The van der Waals surface area contributed by atoms with Crippen LogP contribution in [0.3, 0.4) is 0 Å². The summed E-state index contributed by atoms with van der Waals surface area (Å²) in [6, 6.07) is 0. The van der Waals surface area contributed by atoms with Gasteiger partial charge in [0.2, 0.25) is 11.8 Å². The highest BCUT2D eigenvalue weighted by Crippen LogP contribution is 2.30. The molecule has 1 unspecified atom stereocenters. The smallest absolute Gasteiger partial charge is 0.303 e. The molecule has 0 bridgehead atoms. The number of nitrogens with one attached hydrogen (secondary N) is 2. The van der Waals surface area contributed by atoms with Crippen LogP contribution >= 0.6 is 11.3 Å². The lowest BCUT2D eigenvalue weighted by Crippen LogP contribution is -2.43. The molecule has 2 amide bonds. The van der Waals surface area contributed by atoms with E-state index in [0.29, 0.717) is 32.2 Å². The molecule has 1 atom stereocenters. The first kappa shape index (κ1) is 18.4. The second kappa shape index (κ2) is 7.74. The van der Waals surface area contributed by atoms with E-state index in [1.165, 1.54) is 0 Å². The third kappa shape index (κ3) is 5.02. The molecule has 7 nitrogen and oxygen atoms in total. The quantitative estimate of drug-likeness (QED) is 0.659. The minimum atomic E-state index is -0.894. The molecule has 0 saturated carbocycles. The maximum absolute atomic E-state index is 12.1. The van der Waals surface area contributed by atoms with Crippen molar-refractivity contribution in [2.45, 2.75) is 64.5 Å². The summed E-state index contributed by atoms with van der Waals surface area (Å²) in [6.45, 7) is 4.33. The summed E-state index contributed by atoms with van der Waals surface area (Å²) in [5.74, 6) is -1.08.